The van der Waals surface area contributed by atoms with E-state index in [1.807, 2.05) is 0 Å². The second kappa shape index (κ2) is 19.3. The standard InChI is InChI=1S/C6H10BrNO2.C6H9BrO3.C6H10ClNO2.C6H9ClO3/c1-4(9)6(2,7)5(10)8-3;1-4(8)6(2,7)5(9)10-3;1-4(9)6(2,7)5(10)8-3;1-4(8)6(2,7)5(9)10-3/h1-3H3,(H,8,10);1-3H3;1-3H3,(H,8,10);1-3H3. The van der Waals surface area contributed by atoms with Crippen LogP contribution in [0.5, 0.6) is 0 Å². The zero-order valence-corrected chi connectivity index (χ0v) is 29.3. The van der Waals surface area contributed by atoms with Gasteiger partial charge in [-0.3, -0.25) is 33.6 Å². The maximum atomic E-state index is 10.9. The number of halogens is 4. The van der Waals surface area contributed by atoms with Crippen LogP contribution in [0.25, 0.3) is 0 Å². The molecule has 0 aliphatic heterocycles. The number of methoxy groups -OCH3 is 2. The highest BCUT2D eigenvalue weighted by molar-refractivity contribution is 9.10. The normalized spacial score (nSPS) is 15.6. The lowest BCUT2D eigenvalue weighted by molar-refractivity contribution is -0.147. The van der Waals surface area contributed by atoms with E-state index >= 15 is 0 Å². The minimum absolute atomic E-state index is 0.202. The molecule has 0 aromatic heterocycles. The van der Waals surface area contributed by atoms with Crippen molar-refractivity contribution in [1.29, 1.82) is 0 Å². The molecule has 0 fully saturated rings. The fourth-order valence-electron chi connectivity index (χ4n) is 1.46. The van der Waals surface area contributed by atoms with Crippen molar-refractivity contribution in [3.8, 4) is 0 Å². The fourth-order valence-corrected chi connectivity index (χ4v) is 1.99. The molecule has 0 saturated carbocycles. The van der Waals surface area contributed by atoms with Crippen LogP contribution >= 0.6 is 55.1 Å². The third kappa shape index (κ3) is 15.2. The Hall–Kier alpha value is -1.90. The van der Waals surface area contributed by atoms with Crippen LogP contribution in [-0.2, 0) is 47.8 Å². The molecule has 0 aromatic rings. The number of rotatable bonds is 8. The van der Waals surface area contributed by atoms with E-state index in [1.165, 1.54) is 83.7 Å². The molecule has 0 saturated heterocycles. The van der Waals surface area contributed by atoms with Gasteiger partial charge >= 0.3 is 11.9 Å². The summed E-state index contributed by atoms with van der Waals surface area (Å²) in [6.45, 7) is 10.9. The van der Waals surface area contributed by atoms with Crippen molar-refractivity contribution in [2.45, 2.75) is 73.8 Å². The summed E-state index contributed by atoms with van der Waals surface area (Å²) in [4.78, 5) is 83.0. The van der Waals surface area contributed by atoms with Crippen LogP contribution in [0.15, 0.2) is 0 Å². The van der Waals surface area contributed by atoms with Gasteiger partial charge in [0, 0.05) is 14.1 Å². The Bertz CT molecular complexity index is 813. The number of alkyl halides is 4. The van der Waals surface area contributed by atoms with E-state index in [9.17, 15) is 38.4 Å². The highest BCUT2D eigenvalue weighted by atomic mass is 79.9. The second-order valence-electron chi connectivity index (χ2n) is 8.38. The molecular formula is C24H38Br2Cl2N2O10. The van der Waals surface area contributed by atoms with E-state index in [0.29, 0.717) is 0 Å². The number of carbonyl (C=O) groups excluding carboxylic acids is 8. The van der Waals surface area contributed by atoms with Gasteiger partial charge in [0.1, 0.15) is 0 Å². The quantitative estimate of drug-likeness (QED) is 0.213. The van der Waals surface area contributed by atoms with Crippen molar-refractivity contribution in [3.63, 3.8) is 0 Å². The summed E-state index contributed by atoms with van der Waals surface area (Å²) >= 11 is 17.0. The molecular weight excluding hydrogens is 707 g/mol. The van der Waals surface area contributed by atoms with Crippen LogP contribution in [-0.4, -0.2) is 93.6 Å². The Morgan fingerprint density at radius 1 is 0.550 bits per heavy atom. The highest BCUT2D eigenvalue weighted by Gasteiger charge is 2.37. The first-order valence-electron chi connectivity index (χ1n) is 11.1. The first-order valence-corrected chi connectivity index (χ1v) is 13.5. The van der Waals surface area contributed by atoms with Gasteiger partial charge in [0.15, 0.2) is 41.5 Å². The third-order valence-corrected chi connectivity index (χ3v) is 7.75. The van der Waals surface area contributed by atoms with Crippen molar-refractivity contribution in [1.82, 2.24) is 10.6 Å². The van der Waals surface area contributed by atoms with Gasteiger partial charge in [-0.1, -0.05) is 43.5 Å². The molecule has 232 valence electrons. The number of ketones is 4. The minimum atomic E-state index is -1.52. The fraction of sp³-hybridized carbons (Fsp3) is 0.667. The van der Waals surface area contributed by atoms with Crippen molar-refractivity contribution in [2.24, 2.45) is 0 Å². The molecule has 16 heteroatoms. The predicted octanol–water partition coefficient (Wildman–Crippen LogP) is 2.44. The number of Topliss-reactive ketones (excluding diaryl/α,β-unsaturated/α-hetero) is 4. The Labute approximate surface area is 261 Å². The van der Waals surface area contributed by atoms with E-state index in [-0.39, 0.29) is 23.3 Å². The van der Waals surface area contributed by atoms with Crippen LogP contribution in [0.2, 0.25) is 0 Å². The smallest absolute Gasteiger partial charge is 0.334 e. The van der Waals surface area contributed by atoms with Crippen molar-refractivity contribution >= 4 is 102 Å². The summed E-state index contributed by atoms with van der Waals surface area (Å²) < 4.78 is 6.41. The molecule has 0 spiro atoms. The predicted molar refractivity (Wildman–Crippen MR) is 158 cm³/mol. The molecule has 0 aliphatic carbocycles. The van der Waals surface area contributed by atoms with E-state index in [4.69, 9.17) is 23.2 Å². The highest BCUT2D eigenvalue weighted by Crippen LogP contribution is 2.20. The maximum absolute atomic E-state index is 10.9. The molecule has 0 aromatic carbocycles. The maximum Gasteiger partial charge on any atom is 0.334 e. The van der Waals surface area contributed by atoms with Gasteiger partial charge in [0.2, 0.25) is 11.8 Å². The average Bonchev–Trinajstić information content (AvgIpc) is 2.86. The Morgan fingerprint density at radius 3 is 0.950 bits per heavy atom. The molecule has 40 heavy (non-hydrogen) atoms. The lowest BCUT2D eigenvalue weighted by atomic mass is 10.1. The van der Waals surface area contributed by atoms with Crippen molar-refractivity contribution in [3.05, 3.63) is 0 Å². The van der Waals surface area contributed by atoms with Crippen LogP contribution < -0.4 is 10.6 Å². The topological polar surface area (TPSA) is 179 Å². The number of amides is 2. The van der Waals surface area contributed by atoms with Gasteiger partial charge in [-0.05, 0) is 55.4 Å². The SMILES string of the molecule is CNC(=O)C(C)(Br)C(C)=O.CNC(=O)C(C)(Cl)C(C)=O.COC(=O)C(C)(Br)C(C)=O.COC(=O)C(C)(Cl)C(C)=O. The van der Waals surface area contributed by atoms with Crippen molar-refractivity contribution < 1.29 is 47.8 Å². The average molecular weight is 745 g/mol. The first-order chi connectivity index (χ1) is 17.7. The molecule has 2 N–H and O–H groups in total. The number of carbonyl (C=O) groups is 8. The Kier molecular flexibility index (Phi) is 21.7. The number of ether oxygens (including phenoxy) is 2. The lowest BCUT2D eigenvalue weighted by Crippen LogP contribution is -2.43. The zero-order valence-electron chi connectivity index (χ0n) is 24.6. The Balaban J connectivity index is -0.000000216. The molecule has 0 rings (SSSR count). The van der Waals surface area contributed by atoms with Crippen LogP contribution in [0.1, 0.15) is 55.4 Å². The minimum Gasteiger partial charge on any atom is -0.468 e. The largest absolute Gasteiger partial charge is 0.468 e. The monoisotopic (exact) mass is 742 g/mol. The lowest BCUT2D eigenvalue weighted by Gasteiger charge is -2.15. The summed E-state index contributed by atoms with van der Waals surface area (Å²) in [5.41, 5.74) is 0. The molecule has 12 nitrogen and oxygen atoms in total. The van der Waals surface area contributed by atoms with Crippen LogP contribution in [0, 0.1) is 0 Å². The van der Waals surface area contributed by atoms with Crippen molar-refractivity contribution in [2.75, 3.05) is 28.3 Å². The molecule has 0 heterocycles. The molecule has 0 radical (unpaired) electrons. The molecule has 4 unspecified atom stereocenters. The Morgan fingerprint density at radius 2 is 0.850 bits per heavy atom. The van der Waals surface area contributed by atoms with Gasteiger partial charge in [0.05, 0.1) is 14.2 Å². The second-order valence-corrected chi connectivity index (χ2v) is 13.1. The van der Waals surface area contributed by atoms with E-state index in [1.54, 1.807) is 0 Å². The zero-order chi connectivity index (χ0) is 33.4. The summed E-state index contributed by atoms with van der Waals surface area (Å²) in [5, 5.41) is 4.67. The number of hydrogen-bond donors (Lipinski definition) is 2. The summed E-state index contributed by atoms with van der Waals surface area (Å²) in [6, 6.07) is 0. The van der Waals surface area contributed by atoms with E-state index in [2.05, 4.69) is 52.0 Å². The summed E-state index contributed by atoms with van der Waals surface area (Å²) in [6.07, 6.45) is 0. The van der Waals surface area contributed by atoms with E-state index < -0.39 is 42.0 Å². The molecule has 0 aliphatic rings. The summed E-state index contributed by atoms with van der Waals surface area (Å²) in [5.74, 6) is -3.32. The van der Waals surface area contributed by atoms with Gasteiger partial charge < -0.3 is 20.1 Å². The number of hydrogen-bond acceptors (Lipinski definition) is 10. The number of esters is 2. The number of nitrogens with one attached hydrogen (secondary N) is 2. The van der Waals surface area contributed by atoms with Gasteiger partial charge in [-0.15, -0.1) is 11.6 Å². The summed E-state index contributed by atoms with van der Waals surface area (Å²) in [7, 11) is 5.35. The molecule has 0 bridgehead atoms. The van der Waals surface area contributed by atoms with Gasteiger partial charge in [-0.2, -0.15) is 0 Å². The van der Waals surface area contributed by atoms with E-state index in [0.717, 1.165) is 0 Å². The van der Waals surface area contributed by atoms with Crippen LogP contribution in [0.4, 0.5) is 0 Å². The van der Waals surface area contributed by atoms with Gasteiger partial charge in [-0.25, -0.2) is 4.79 Å². The first kappa shape index (κ1) is 45.1. The molecule has 2 amide bonds. The van der Waals surface area contributed by atoms with Gasteiger partial charge in [0.25, 0.3) is 0 Å². The molecule has 4 atom stereocenters. The van der Waals surface area contributed by atoms with Crippen LogP contribution in [0.3, 0.4) is 0 Å². The third-order valence-electron chi connectivity index (χ3n) is 5.09.